The summed E-state index contributed by atoms with van der Waals surface area (Å²) in [5.74, 6) is 1.25. The zero-order valence-corrected chi connectivity index (χ0v) is 25.8. The van der Waals surface area contributed by atoms with Crippen molar-refractivity contribution in [3.8, 4) is 11.5 Å². The van der Waals surface area contributed by atoms with Crippen LogP contribution in [-0.4, -0.2) is 63.3 Å². The number of nitrogens with zero attached hydrogens (tertiary/aromatic N) is 1. The van der Waals surface area contributed by atoms with E-state index in [1.165, 1.54) is 6.92 Å². The number of piperidine rings is 1. The van der Waals surface area contributed by atoms with E-state index in [1.54, 1.807) is 7.11 Å². The molecule has 6 rings (SSSR count). The van der Waals surface area contributed by atoms with Crippen molar-refractivity contribution in [2.75, 3.05) is 20.2 Å². The van der Waals surface area contributed by atoms with Gasteiger partial charge in [0.15, 0.2) is 11.5 Å². The van der Waals surface area contributed by atoms with E-state index in [1.807, 2.05) is 36.4 Å². The Labute approximate surface area is 249 Å². The van der Waals surface area contributed by atoms with Crippen LogP contribution in [-0.2, 0) is 43.6 Å². The first-order chi connectivity index (χ1) is 20.0. The highest BCUT2D eigenvalue weighted by atomic mass is 32.2. The highest BCUT2D eigenvalue weighted by molar-refractivity contribution is 7.88. The lowest BCUT2D eigenvalue weighted by molar-refractivity contribution is -0.217. The third kappa shape index (κ3) is 4.47. The minimum absolute atomic E-state index is 0.0773. The number of methoxy groups -OCH3 is 1. The molecule has 2 aliphatic heterocycles. The van der Waals surface area contributed by atoms with E-state index < -0.39 is 33.2 Å². The molecule has 0 radical (unpaired) electrons. The lowest BCUT2D eigenvalue weighted by Gasteiger charge is -2.65. The smallest absolute Gasteiger partial charge is 0.303 e. The Morgan fingerprint density at radius 1 is 1.21 bits per heavy atom. The van der Waals surface area contributed by atoms with Crippen molar-refractivity contribution in [1.29, 1.82) is 0 Å². The van der Waals surface area contributed by atoms with Gasteiger partial charge in [0.1, 0.15) is 11.7 Å². The molecule has 2 aromatic rings. The van der Waals surface area contributed by atoms with Gasteiger partial charge in [0, 0.05) is 25.6 Å². The highest BCUT2D eigenvalue weighted by Crippen LogP contribution is 2.66. The molecule has 8 nitrogen and oxygen atoms in total. The molecule has 42 heavy (non-hydrogen) atoms. The number of sulfonamides is 1. The van der Waals surface area contributed by atoms with Crippen LogP contribution in [0.4, 0.5) is 0 Å². The molecule has 0 amide bonds. The molecule has 4 aliphatic rings. The minimum atomic E-state index is -3.73. The maximum Gasteiger partial charge on any atom is 0.303 e. The summed E-state index contributed by atoms with van der Waals surface area (Å²) in [7, 11) is -2.11. The van der Waals surface area contributed by atoms with E-state index >= 15 is 0 Å². The number of likely N-dealkylation sites (tertiary alicyclic amines) is 1. The average molecular weight is 595 g/mol. The summed E-state index contributed by atoms with van der Waals surface area (Å²) < 4.78 is 49.7. The number of ether oxygens (including phenoxy) is 3. The first kappa shape index (κ1) is 29.2. The molecule has 2 aliphatic carbocycles. The Balaban J connectivity index is 1.42. The topological polar surface area (TPSA) is 94.2 Å². The molecular weight excluding hydrogens is 552 g/mol. The van der Waals surface area contributed by atoms with Gasteiger partial charge in [-0.3, -0.25) is 9.69 Å². The van der Waals surface area contributed by atoms with Gasteiger partial charge in [-0.05, 0) is 60.8 Å². The predicted molar refractivity (Wildman–Crippen MR) is 161 cm³/mol. The molecule has 226 valence electrons. The Kier molecular flexibility index (Phi) is 7.43. The quantitative estimate of drug-likeness (QED) is 0.324. The summed E-state index contributed by atoms with van der Waals surface area (Å²) in [6.45, 7) is 11.2. The summed E-state index contributed by atoms with van der Waals surface area (Å²) in [4.78, 5) is 15.2. The second-order valence-electron chi connectivity index (χ2n) is 12.8. The van der Waals surface area contributed by atoms with Gasteiger partial charge >= 0.3 is 5.97 Å². The average Bonchev–Trinajstić information content (AvgIpc) is 3.28. The second-order valence-corrected chi connectivity index (χ2v) is 14.5. The number of hydrogen-bond donors (Lipinski definition) is 1. The fraction of sp³-hybridized carbons (Fsp3) is 0.545. The molecule has 2 fully saturated rings. The summed E-state index contributed by atoms with van der Waals surface area (Å²) >= 11 is 0. The molecule has 2 aromatic carbocycles. The Hall–Kier alpha value is -2.88. The van der Waals surface area contributed by atoms with Crippen LogP contribution in [0, 0.1) is 5.92 Å². The van der Waals surface area contributed by atoms with Gasteiger partial charge < -0.3 is 14.2 Å². The first-order valence-electron chi connectivity index (χ1n) is 15.0. The summed E-state index contributed by atoms with van der Waals surface area (Å²) in [6.07, 6.45) is 4.54. The van der Waals surface area contributed by atoms with E-state index in [-0.39, 0.29) is 17.8 Å². The van der Waals surface area contributed by atoms with Gasteiger partial charge in [0.05, 0.1) is 30.4 Å². The van der Waals surface area contributed by atoms with Crippen LogP contribution in [0.15, 0.2) is 49.1 Å². The van der Waals surface area contributed by atoms with Gasteiger partial charge in [-0.25, -0.2) is 13.1 Å². The lowest BCUT2D eigenvalue weighted by atomic mass is 9.48. The first-order valence-corrected chi connectivity index (χ1v) is 16.7. The van der Waals surface area contributed by atoms with Crippen LogP contribution in [0.3, 0.4) is 0 Å². The third-order valence-corrected chi connectivity index (χ3v) is 11.2. The zero-order chi connectivity index (χ0) is 29.9. The Morgan fingerprint density at radius 2 is 1.98 bits per heavy atom. The van der Waals surface area contributed by atoms with E-state index in [0.717, 1.165) is 35.2 Å². The minimum Gasteiger partial charge on any atom is -0.493 e. The van der Waals surface area contributed by atoms with Gasteiger partial charge in [-0.15, -0.1) is 6.58 Å². The number of benzene rings is 2. The number of nitrogens with one attached hydrogen (secondary N) is 1. The molecule has 2 bridgehead atoms. The normalized spacial score (nSPS) is 29.5. The fourth-order valence-electron chi connectivity index (χ4n) is 8.54. The van der Waals surface area contributed by atoms with Crippen molar-refractivity contribution in [2.45, 2.75) is 87.8 Å². The van der Waals surface area contributed by atoms with Gasteiger partial charge in [0.25, 0.3) is 0 Å². The largest absolute Gasteiger partial charge is 0.493 e. The lowest BCUT2D eigenvalue weighted by Crippen LogP contribution is -2.79. The number of carbonyl (C=O) groups is 1. The molecular formula is C33H42N2O6S. The van der Waals surface area contributed by atoms with E-state index in [9.17, 15) is 13.2 Å². The van der Waals surface area contributed by atoms with Crippen LogP contribution >= 0.6 is 0 Å². The Bertz CT molecular complexity index is 1510. The van der Waals surface area contributed by atoms with Crippen LogP contribution in [0.25, 0.3) is 0 Å². The van der Waals surface area contributed by atoms with Crippen molar-refractivity contribution in [2.24, 2.45) is 5.92 Å². The van der Waals surface area contributed by atoms with E-state index in [0.29, 0.717) is 49.6 Å². The number of rotatable bonds is 10. The molecule has 0 unspecified atom stereocenters. The van der Waals surface area contributed by atoms with Crippen molar-refractivity contribution < 1.29 is 27.4 Å². The van der Waals surface area contributed by atoms with Crippen LogP contribution in [0.2, 0.25) is 0 Å². The molecule has 2 heterocycles. The van der Waals surface area contributed by atoms with Crippen LogP contribution in [0.1, 0.15) is 62.3 Å². The summed E-state index contributed by atoms with van der Waals surface area (Å²) in [5, 5.41) is 0. The van der Waals surface area contributed by atoms with E-state index in [2.05, 4.69) is 36.1 Å². The molecule has 5 atom stereocenters. The molecule has 1 saturated carbocycles. The SMILES string of the molecule is C=CCN1CC[C@]23c4c5ccc(OC)c4O[C@H]2[C@@H](NS(=O)(=O)Cc2ccccc2CC(C)C)CC[C@@]3(OC(C)=O)[C@H]1C5. The number of esters is 1. The van der Waals surface area contributed by atoms with Gasteiger partial charge in [-0.1, -0.05) is 50.3 Å². The standard InChI is InChI=1S/C33H42N2O6S/c1-6-16-35-17-15-32-29-24-11-12-27(39-5)30(29)40-31(32)26(13-14-33(32,28(35)19-24)41-22(4)36)34-42(37,38)20-25-10-8-7-9-23(25)18-21(2)3/h6-12,21,26,28,31,34H,1,13-20H2,2-5H3/t26-,28+,31-,32-,33+/m0/s1. The van der Waals surface area contributed by atoms with Gasteiger partial charge in [0.2, 0.25) is 10.0 Å². The second kappa shape index (κ2) is 10.7. The molecule has 9 heteroatoms. The van der Waals surface area contributed by atoms with Gasteiger partial charge in [-0.2, -0.15) is 0 Å². The maximum atomic E-state index is 13.8. The zero-order valence-electron chi connectivity index (χ0n) is 25.0. The molecule has 1 N–H and O–H groups in total. The van der Waals surface area contributed by atoms with Crippen molar-refractivity contribution in [1.82, 2.24) is 9.62 Å². The monoisotopic (exact) mass is 594 g/mol. The predicted octanol–water partition coefficient (Wildman–Crippen LogP) is 4.29. The molecule has 1 saturated heterocycles. The number of carbonyl (C=O) groups excluding carboxylic acids is 1. The van der Waals surface area contributed by atoms with Crippen LogP contribution < -0.4 is 14.2 Å². The fourth-order valence-corrected chi connectivity index (χ4v) is 10.0. The Morgan fingerprint density at radius 3 is 2.67 bits per heavy atom. The van der Waals surface area contributed by atoms with Crippen molar-refractivity contribution >= 4 is 16.0 Å². The van der Waals surface area contributed by atoms with Crippen molar-refractivity contribution in [3.63, 3.8) is 0 Å². The molecule has 0 aromatic heterocycles. The summed E-state index contributed by atoms with van der Waals surface area (Å²) in [6, 6.07) is 11.2. The van der Waals surface area contributed by atoms with Crippen molar-refractivity contribution in [3.05, 3.63) is 71.3 Å². The number of hydrogen-bond acceptors (Lipinski definition) is 7. The van der Waals surface area contributed by atoms with E-state index in [4.69, 9.17) is 14.2 Å². The molecule has 1 spiro atoms. The highest BCUT2D eigenvalue weighted by Gasteiger charge is 2.75. The summed E-state index contributed by atoms with van der Waals surface area (Å²) in [5.41, 5.74) is 2.46. The maximum absolute atomic E-state index is 13.8. The van der Waals surface area contributed by atoms with Crippen LogP contribution in [0.5, 0.6) is 11.5 Å². The third-order valence-electron chi connectivity index (χ3n) is 9.85.